The molecule has 0 aromatic rings. The number of carbonyl (C=O) groups excluding carboxylic acids is 1. The smallest absolute Gasteiger partial charge is 0.306 e. The van der Waals surface area contributed by atoms with Crippen LogP contribution in [0.4, 0.5) is 0 Å². The molecular formula is C20H36O4. The number of aliphatic hydroxyl groups is 1. The number of unbranched alkanes of at least 4 members (excludes halogenated alkanes) is 4. The Bertz CT molecular complexity index is 380. The summed E-state index contributed by atoms with van der Waals surface area (Å²) in [6.45, 7) is 4.23. The third-order valence-electron chi connectivity index (χ3n) is 5.58. The second-order valence-electron chi connectivity index (χ2n) is 7.46. The van der Waals surface area contributed by atoms with Gasteiger partial charge in [0.15, 0.2) is 0 Å². The van der Waals surface area contributed by atoms with Crippen LogP contribution in [0.2, 0.25) is 0 Å². The van der Waals surface area contributed by atoms with Crippen LogP contribution in [-0.4, -0.2) is 28.1 Å². The lowest BCUT2D eigenvalue weighted by Crippen LogP contribution is -2.33. The Morgan fingerprint density at radius 2 is 1.67 bits per heavy atom. The quantitative estimate of drug-likeness (QED) is 0.481. The number of hydrogen-bond acceptors (Lipinski definition) is 3. The Kier molecular flexibility index (Phi) is 10.2. The molecule has 24 heavy (non-hydrogen) atoms. The van der Waals surface area contributed by atoms with E-state index >= 15 is 0 Å². The predicted molar refractivity (Wildman–Crippen MR) is 95.9 cm³/mol. The Morgan fingerprint density at radius 1 is 1.00 bits per heavy atom. The van der Waals surface area contributed by atoms with Crippen molar-refractivity contribution in [1.82, 2.24) is 0 Å². The van der Waals surface area contributed by atoms with Gasteiger partial charge in [0.25, 0.3) is 0 Å². The molecule has 4 nitrogen and oxygen atoms in total. The van der Waals surface area contributed by atoms with E-state index in [-0.39, 0.29) is 11.8 Å². The molecule has 0 aliphatic heterocycles. The van der Waals surface area contributed by atoms with Gasteiger partial charge < -0.3 is 10.2 Å². The van der Waals surface area contributed by atoms with Gasteiger partial charge >= 0.3 is 5.97 Å². The van der Waals surface area contributed by atoms with Gasteiger partial charge in [0.05, 0.1) is 12.0 Å². The number of carboxylic acid groups (broad SMARTS) is 1. The fourth-order valence-corrected chi connectivity index (χ4v) is 4.16. The lowest BCUT2D eigenvalue weighted by atomic mass is 9.78. The molecule has 1 aliphatic rings. The van der Waals surface area contributed by atoms with Gasteiger partial charge in [0.1, 0.15) is 5.78 Å². The number of hydrogen-bond donors (Lipinski definition) is 2. The minimum atomic E-state index is -0.781. The molecular weight excluding hydrogens is 304 g/mol. The highest BCUT2D eigenvalue weighted by atomic mass is 16.4. The van der Waals surface area contributed by atoms with Crippen molar-refractivity contribution in [1.29, 1.82) is 0 Å². The lowest BCUT2D eigenvalue weighted by Gasteiger charge is -2.28. The number of aliphatic carboxylic acids is 1. The number of aliphatic hydroxyl groups excluding tert-OH is 1. The van der Waals surface area contributed by atoms with E-state index in [0.717, 1.165) is 51.4 Å². The second-order valence-corrected chi connectivity index (χ2v) is 7.46. The molecule has 0 unspecified atom stereocenters. The first-order valence-corrected chi connectivity index (χ1v) is 9.93. The summed E-state index contributed by atoms with van der Waals surface area (Å²) in [5.74, 6) is -0.951. The molecule has 0 saturated heterocycles. The average Bonchev–Trinajstić information content (AvgIpc) is 2.90. The fraction of sp³-hybridized carbons (Fsp3) is 0.900. The van der Waals surface area contributed by atoms with E-state index in [1.54, 1.807) is 0 Å². The molecule has 4 heteroatoms. The molecule has 0 heterocycles. The summed E-state index contributed by atoms with van der Waals surface area (Å²) < 4.78 is 0. The molecule has 1 fully saturated rings. The van der Waals surface area contributed by atoms with E-state index in [2.05, 4.69) is 13.8 Å². The van der Waals surface area contributed by atoms with Crippen molar-refractivity contribution in [2.45, 2.75) is 97.0 Å². The van der Waals surface area contributed by atoms with Gasteiger partial charge in [0.2, 0.25) is 0 Å². The van der Waals surface area contributed by atoms with Crippen LogP contribution >= 0.6 is 0 Å². The van der Waals surface area contributed by atoms with E-state index in [0.29, 0.717) is 31.5 Å². The molecule has 1 saturated carbocycles. The zero-order valence-electron chi connectivity index (χ0n) is 15.5. The predicted octanol–water partition coefficient (Wildman–Crippen LogP) is 4.58. The summed E-state index contributed by atoms with van der Waals surface area (Å²) in [6.07, 6.45) is 9.75. The molecule has 0 aromatic heterocycles. The van der Waals surface area contributed by atoms with Crippen molar-refractivity contribution in [3.05, 3.63) is 0 Å². The first-order chi connectivity index (χ1) is 11.5. The maximum atomic E-state index is 12.0. The van der Waals surface area contributed by atoms with Crippen LogP contribution in [0.1, 0.15) is 90.9 Å². The van der Waals surface area contributed by atoms with E-state index in [1.165, 1.54) is 0 Å². The Balaban J connectivity index is 2.55. The highest BCUT2D eigenvalue weighted by Crippen LogP contribution is 2.42. The summed E-state index contributed by atoms with van der Waals surface area (Å²) in [4.78, 5) is 23.7. The minimum absolute atomic E-state index is 0.178. The van der Waals surface area contributed by atoms with Gasteiger partial charge in [-0.25, -0.2) is 0 Å². The van der Waals surface area contributed by atoms with Crippen molar-refractivity contribution < 1.29 is 19.8 Å². The van der Waals surface area contributed by atoms with Crippen LogP contribution < -0.4 is 0 Å². The Hall–Kier alpha value is -0.900. The normalized spacial score (nSPS) is 24.9. The highest BCUT2D eigenvalue weighted by molar-refractivity contribution is 5.78. The van der Waals surface area contributed by atoms with Crippen molar-refractivity contribution in [2.24, 2.45) is 17.8 Å². The third-order valence-corrected chi connectivity index (χ3v) is 5.58. The number of carboxylic acids is 1. The molecule has 1 aliphatic carbocycles. The van der Waals surface area contributed by atoms with Crippen LogP contribution in [0, 0.1) is 17.8 Å². The summed E-state index contributed by atoms with van der Waals surface area (Å²) in [5, 5.41) is 19.9. The summed E-state index contributed by atoms with van der Waals surface area (Å²) in [5.41, 5.74) is 0. The summed E-state index contributed by atoms with van der Waals surface area (Å²) in [6, 6.07) is 0. The molecule has 0 aromatic carbocycles. The maximum absolute atomic E-state index is 12.0. The second kappa shape index (κ2) is 11.6. The van der Waals surface area contributed by atoms with Crippen LogP contribution in [0.5, 0.6) is 0 Å². The lowest BCUT2D eigenvalue weighted by molar-refractivity contribution is -0.146. The number of carbonyl (C=O) groups is 2. The molecule has 0 bridgehead atoms. The summed E-state index contributed by atoms with van der Waals surface area (Å²) in [7, 11) is 0. The van der Waals surface area contributed by atoms with Gasteiger partial charge in [-0.05, 0) is 38.0 Å². The van der Waals surface area contributed by atoms with Crippen molar-refractivity contribution >= 4 is 11.8 Å². The van der Waals surface area contributed by atoms with Gasteiger partial charge in [0, 0.05) is 18.8 Å². The minimum Gasteiger partial charge on any atom is -0.481 e. The molecule has 0 radical (unpaired) electrons. The fourth-order valence-electron chi connectivity index (χ4n) is 4.16. The monoisotopic (exact) mass is 340 g/mol. The summed E-state index contributed by atoms with van der Waals surface area (Å²) >= 11 is 0. The van der Waals surface area contributed by atoms with Crippen LogP contribution in [0.3, 0.4) is 0 Å². The number of Topliss-reactive ketones (excluding diaryl/α,β-unsaturated/α-hetero) is 1. The number of rotatable bonds is 13. The largest absolute Gasteiger partial charge is 0.481 e. The third kappa shape index (κ3) is 6.92. The average molecular weight is 341 g/mol. The number of ketones is 1. The van der Waals surface area contributed by atoms with E-state index in [4.69, 9.17) is 0 Å². The van der Waals surface area contributed by atoms with Crippen LogP contribution in [-0.2, 0) is 9.59 Å². The van der Waals surface area contributed by atoms with Gasteiger partial charge in [-0.2, -0.15) is 0 Å². The zero-order chi connectivity index (χ0) is 17.9. The van der Waals surface area contributed by atoms with Gasteiger partial charge in [-0.3, -0.25) is 9.59 Å². The van der Waals surface area contributed by atoms with Gasteiger partial charge in [-0.15, -0.1) is 0 Å². The molecule has 1 rings (SSSR count). The molecule has 4 atom stereocenters. The maximum Gasteiger partial charge on any atom is 0.306 e. The standard InChI is InChI=1S/C20H36O4/c1-3-5-7-9-16(21)13-11-15-12-14-18(22)19(15)17(20(23)24)10-8-6-4-2/h15,17-19,22H,3-14H2,1-2H3,(H,23,24)/t15-,17+,18+,19-/m0/s1. The Labute approximate surface area is 147 Å². The van der Waals surface area contributed by atoms with Gasteiger partial charge in [-0.1, -0.05) is 46.0 Å². The molecule has 2 N–H and O–H groups in total. The van der Waals surface area contributed by atoms with Crippen molar-refractivity contribution in [2.75, 3.05) is 0 Å². The first kappa shape index (κ1) is 21.1. The van der Waals surface area contributed by atoms with E-state index in [9.17, 15) is 19.8 Å². The van der Waals surface area contributed by atoms with E-state index in [1.807, 2.05) is 0 Å². The first-order valence-electron chi connectivity index (χ1n) is 9.93. The SMILES string of the molecule is CCCCCC(=O)CC[C@H]1CC[C@@H](O)[C@@H]1[C@@H](CCCCC)C(=O)O. The highest BCUT2D eigenvalue weighted by Gasteiger charge is 2.42. The van der Waals surface area contributed by atoms with E-state index < -0.39 is 18.0 Å². The Morgan fingerprint density at radius 3 is 2.29 bits per heavy atom. The molecule has 0 spiro atoms. The van der Waals surface area contributed by atoms with Crippen molar-refractivity contribution in [3.8, 4) is 0 Å². The van der Waals surface area contributed by atoms with Crippen LogP contribution in [0.25, 0.3) is 0 Å². The zero-order valence-corrected chi connectivity index (χ0v) is 15.5. The molecule has 140 valence electrons. The molecule has 0 amide bonds. The van der Waals surface area contributed by atoms with Crippen LogP contribution in [0.15, 0.2) is 0 Å². The topological polar surface area (TPSA) is 74.6 Å². The van der Waals surface area contributed by atoms with Crippen molar-refractivity contribution in [3.63, 3.8) is 0 Å².